The highest BCUT2D eigenvalue weighted by molar-refractivity contribution is 7.47. The third kappa shape index (κ3) is 43.0. The molecule has 3 atom stereocenters. The van der Waals surface area contributed by atoms with Crippen molar-refractivity contribution in [1.82, 2.24) is 0 Å². The van der Waals surface area contributed by atoms with Crippen molar-refractivity contribution in [3.63, 3.8) is 0 Å². The van der Waals surface area contributed by atoms with Crippen LogP contribution in [0.1, 0.15) is 162 Å². The number of carbonyl (C=O) groups is 2. The van der Waals surface area contributed by atoms with E-state index in [1.807, 2.05) is 48.6 Å². The van der Waals surface area contributed by atoms with Crippen LogP contribution < -0.4 is 5.73 Å². The Labute approximate surface area is 364 Å². The minimum atomic E-state index is -4.41. The Morgan fingerprint density at radius 1 is 0.600 bits per heavy atom. The van der Waals surface area contributed by atoms with E-state index in [0.29, 0.717) is 19.3 Å². The summed E-state index contributed by atoms with van der Waals surface area (Å²) in [4.78, 5) is 34.9. The van der Waals surface area contributed by atoms with E-state index in [2.05, 4.69) is 56.4 Å². The molecule has 0 aromatic carbocycles. The van der Waals surface area contributed by atoms with Crippen LogP contribution in [0.4, 0.5) is 0 Å². The lowest BCUT2D eigenvalue weighted by atomic mass is 10.1. The first-order valence-electron chi connectivity index (χ1n) is 22.8. The second-order valence-electron chi connectivity index (χ2n) is 14.7. The molecule has 342 valence electrons. The molecule has 0 amide bonds. The fraction of sp³-hybridized carbons (Fsp3) is 0.633. The number of hydrogen-bond acceptors (Lipinski definition) is 9. The average Bonchev–Trinajstić information content (AvgIpc) is 3.23. The van der Waals surface area contributed by atoms with Gasteiger partial charge in [-0.15, -0.1) is 0 Å². The molecule has 0 saturated carbocycles. The number of allylic oxidation sites excluding steroid dienone is 14. The Balaban J connectivity index is 4.32. The third-order valence-electron chi connectivity index (χ3n) is 9.05. The fourth-order valence-corrected chi connectivity index (χ4v) is 6.42. The van der Waals surface area contributed by atoms with Crippen molar-refractivity contribution in [2.75, 3.05) is 26.4 Å². The van der Waals surface area contributed by atoms with Gasteiger partial charge in [0.15, 0.2) is 6.10 Å². The molecule has 0 saturated heterocycles. The zero-order valence-corrected chi connectivity index (χ0v) is 38.2. The number of unbranched alkanes of at least 4 members (excludes halogenated alkanes) is 12. The highest BCUT2D eigenvalue weighted by Gasteiger charge is 2.25. The van der Waals surface area contributed by atoms with Gasteiger partial charge in [0.1, 0.15) is 6.61 Å². The number of ether oxygens (including phenoxy) is 2. The molecule has 0 aliphatic heterocycles. The predicted molar refractivity (Wildman–Crippen MR) is 248 cm³/mol. The summed E-state index contributed by atoms with van der Waals surface area (Å²) in [6.07, 6.45) is 53.3. The molecule has 0 rings (SSSR count). The molecule has 0 aromatic heterocycles. The molecule has 0 fully saturated rings. The Kier molecular flexibility index (Phi) is 41.7. The van der Waals surface area contributed by atoms with Crippen molar-refractivity contribution in [3.8, 4) is 0 Å². The maximum Gasteiger partial charge on any atom is 0.472 e. The first kappa shape index (κ1) is 56.9. The molecule has 0 aromatic rings. The lowest BCUT2D eigenvalue weighted by Gasteiger charge is -2.19. The van der Waals surface area contributed by atoms with Crippen LogP contribution >= 0.6 is 7.82 Å². The molecule has 2 unspecified atom stereocenters. The lowest BCUT2D eigenvalue weighted by Crippen LogP contribution is -2.29. The van der Waals surface area contributed by atoms with Crippen LogP contribution in [0.5, 0.6) is 0 Å². The van der Waals surface area contributed by atoms with Crippen LogP contribution in [0, 0.1) is 0 Å². The minimum absolute atomic E-state index is 0.0303. The molecule has 0 radical (unpaired) electrons. The highest BCUT2D eigenvalue weighted by Crippen LogP contribution is 2.43. The molecule has 0 aliphatic carbocycles. The van der Waals surface area contributed by atoms with Gasteiger partial charge in [-0.05, 0) is 77.0 Å². The number of aliphatic hydroxyl groups is 1. The summed E-state index contributed by atoms with van der Waals surface area (Å²) >= 11 is 0. The Morgan fingerprint density at radius 2 is 1.15 bits per heavy atom. The number of esters is 2. The maximum absolute atomic E-state index is 12.6. The molecular weight excluding hydrogens is 778 g/mol. The van der Waals surface area contributed by atoms with Crippen LogP contribution in [0.3, 0.4) is 0 Å². The number of phosphoric acid groups is 1. The van der Waals surface area contributed by atoms with Crippen LogP contribution in [0.25, 0.3) is 0 Å². The largest absolute Gasteiger partial charge is 0.472 e. The van der Waals surface area contributed by atoms with Crippen LogP contribution in [-0.2, 0) is 32.7 Å². The number of hydrogen-bond donors (Lipinski definition) is 3. The van der Waals surface area contributed by atoms with Gasteiger partial charge in [0.05, 0.1) is 19.3 Å². The summed E-state index contributed by atoms with van der Waals surface area (Å²) in [5, 5.41) is 10.00. The molecule has 0 spiro atoms. The van der Waals surface area contributed by atoms with E-state index in [9.17, 15) is 24.2 Å². The summed E-state index contributed by atoms with van der Waals surface area (Å²) in [7, 11) is -4.41. The van der Waals surface area contributed by atoms with Gasteiger partial charge in [-0.2, -0.15) is 0 Å². The molecule has 4 N–H and O–H groups in total. The van der Waals surface area contributed by atoms with Crippen molar-refractivity contribution in [1.29, 1.82) is 0 Å². The van der Waals surface area contributed by atoms with Crippen molar-refractivity contribution < 1.29 is 42.7 Å². The zero-order valence-electron chi connectivity index (χ0n) is 37.3. The van der Waals surface area contributed by atoms with E-state index >= 15 is 0 Å². The first-order chi connectivity index (χ1) is 29.2. The molecule has 0 aliphatic rings. The van der Waals surface area contributed by atoms with Crippen LogP contribution in [-0.4, -0.2) is 60.5 Å². The Morgan fingerprint density at radius 3 is 1.78 bits per heavy atom. The van der Waals surface area contributed by atoms with E-state index in [4.69, 9.17) is 24.3 Å². The number of carbonyl (C=O) groups excluding carboxylic acids is 2. The number of phosphoric ester groups is 1. The SMILES string of the molecule is CC/C=C\C/C=C\CC(O)/C=C/C=C\C/C=C\C/C=C\CCC(=O)OC[C@H](COP(=O)(O)OCCN)OC(=O)CCCCCCCCCCC/C=C\C/C=C\CCCCC. The van der Waals surface area contributed by atoms with Crippen molar-refractivity contribution in [3.05, 3.63) is 97.2 Å². The van der Waals surface area contributed by atoms with E-state index in [1.54, 1.807) is 6.08 Å². The van der Waals surface area contributed by atoms with E-state index in [-0.39, 0.29) is 32.6 Å². The number of aliphatic hydroxyl groups excluding tert-OH is 1. The molecule has 0 bridgehead atoms. The van der Waals surface area contributed by atoms with Crippen molar-refractivity contribution in [2.24, 2.45) is 5.73 Å². The molecule has 11 heteroatoms. The monoisotopic (exact) mass is 860 g/mol. The van der Waals surface area contributed by atoms with E-state index in [0.717, 1.165) is 57.8 Å². The molecule has 60 heavy (non-hydrogen) atoms. The third-order valence-corrected chi connectivity index (χ3v) is 10.0. The molecular formula is C49H82NO9P. The van der Waals surface area contributed by atoms with E-state index < -0.39 is 38.6 Å². The standard InChI is InChI=1S/C49H82NO9P/c1-3-5-7-9-11-12-13-14-15-16-17-18-19-20-21-26-29-33-37-41-49(53)59-47(45-58-60(54,55)57-43-42-50)44-56-48(52)40-36-32-28-25-23-22-24-27-31-35-39-46(51)38-34-30-10-8-6-4-2/h6,8,11-12,14-15,22-23,27-28,30-32,34-35,39,46-47,51H,3-5,7,9-10,13,16-21,24-26,29,33,36-38,40-45,50H2,1-2H3,(H,54,55)/b8-6-,12-11-,15-14-,23-22-,31-27-,32-28-,34-30-,39-35+/t46?,47-/m1/s1. The summed E-state index contributed by atoms with van der Waals surface area (Å²) in [5.41, 5.74) is 5.34. The first-order valence-corrected chi connectivity index (χ1v) is 24.3. The minimum Gasteiger partial charge on any atom is -0.462 e. The molecule has 0 heterocycles. The lowest BCUT2D eigenvalue weighted by molar-refractivity contribution is -0.161. The summed E-state index contributed by atoms with van der Waals surface area (Å²) in [5.74, 6) is -0.969. The fourth-order valence-electron chi connectivity index (χ4n) is 5.66. The van der Waals surface area contributed by atoms with Gasteiger partial charge in [-0.1, -0.05) is 169 Å². The summed E-state index contributed by atoms with van der Waals surface area (Å²) in [6, 6.07) is 0. The highest BCUT2D eigenvalue weighted by atomic mass is 31.2. The molecule has 10 nitrogen and oxygen atoms in total. The van der Waals surface area contributed by atoms with E-state index in [1.165, 1.54) is 57.8 Å². The second-order valence-corrected chi connectivity index (χ2v) is 16.2. The van der Waals surface area contributed by atoms with Crippen molar-refractivity contribution >= 4 is 19.8 Å². The van der Waals surface area contributed by atoms with Crippen molar-refractivity contribution in [2.45, 2.75) is 174 Å². The van der Waals surface area contributed by atoms with Gasteiger partial charge in [-0.25, -0.2) is 4.57 Å². The summed E-state index contributed by atoms with van der Waals surface area (Å²) < 4.78 is 32.7. The van der Waals surface area contributed by atoms with Gasteiger partial charge >= 0.3 is 19.8 Å². The van der Waals surface area contributed by atoms with Gasteiger partial charge in [-0.3, -0.25) is 18.6 Å². The van der Waals surface area contributed by atoms with Gasteiger partial charge in [0, 0.05) is 19.4 Å². The average molecular weight is 860 g/mol. The number of rotatable bonds is 41. The van der Waals surface area contributed by atoms with Gasteiger partial charge < -0.3 is 25.2 Å². The zero-order chi connectivity index (χ0) is 44.0. The maximum atomic E-state index is 12.6. The quantitative estimate of drug-likeness (QED) is 0.0178. The normalized spacial score (nSPS) is 14.7. The van der Waals surface area contributed by atoms with Gasteiger partial charge in [0.2, 0.25) is 0 Å². The topological polar surface area (TPSA) is 155 Å². The smallest absolute Gasteiger partial charge is 0.462 e. The Bertz CT molecular complexity index is 1320. The predicted octanol–water partition coefficient (Wildman–Crippen LogP) is 12.4. The Hall–Kier alpha value is -3.11. The van der Waals surface area contributed by atoms with Crippen LogP contribution in [0.15, 0.2) is 97.2 Å². The van der Waals surface area contributed by atoms with Gasteiger partial charge in [0.25, 0.3) is 0 Å². The summed E-state index contributed by atoms with van der Waals surface area (Å²) in [6.45, 7) is 3.41. The number of nitrogens with two attached hydrogens (primary N) is 1. The van der Waals surface area contributed by atoms with Crippen LogP contribution in [0.2, 0.25) is 0 Å². The second kappa shape index (κ2) is 44.0.